The smallest absolute Gasteiger partial charge is 0.137 e. The van der Waals surface area contributed by atoms with E-state index in [9.17, 15) is 4.79 Å². The largest absolute Gasteiger partial charge is 0.377 e. The monoisotopic (exact) mass is 140 g/mol. The highest BCUT2D eigenvalue weighted by atomic mass is 16.5. The predicted octanol–water partition coefficient (Wildman–Crippen LogP) is 1.14. The summed E-state index contributed by atoms with van der Waals surface area (Å²) in [4.78, 5) is 10.9. The van der Waals surface area contributed by atoms with Gasteiger partial charge in [0.05, 0.1) is 12.7 Å². The molecule has 1 saturated carbocycles. The van der Waals surface area contributed by atoms with Crippen molar-refractivity contribution in [2.75, 3.05) is 6.61 Å². The first kappa shape index (κ1) is 6.35. The minimum absolute atomic E-state index is 0.293. The number of Topliss-reactive ketones (excluding diaryl/α,β-unsaturated/α-hetero) is 1. The molecule has 1 heterocycles. The van der Waals surface area contributed by atoms with Gasteiger partial charge in [-0.15, -0.1) is 0 Å². The summed E-state index contributed by atoms with van der Waals surface area (Å²) in [6.07, 6.45) is 4.17. The van der Waals surface area contributed by atoms with Gasteiger partial charge in [-0.2, -0.15) is 0 Å². The highest BCUT2D eigenvalue weighted by Crippen LogP contribution is 2.37. The molecule has 0 aromatic rings. The molecule has 0 aromatic heterocycles. The lowest BCUT2D eigenvalue weighted by Gasteiger charge is -2.20. The van der Waals surface area contributed by atoms with Gasteiger partial charge in [0.1, 0.15) is 5.78 Å². The number of carbonyl (C=O) groups is 1. The fourth-order valence-corrected chi connectivity index (χ4v) is 1.48. The van der Waals surface area contributed by atoms with Crippen LogP contribution >= 0.6 is 0 Å². The van der Waals surface area contributed by atoms with E-state index >= 15 is 0 Å². The average Bonchev–Trinajstić information content (AvgIpc) is 2.68. The third-order valence-electron chi connectivity index (χ3n) is 2.29. The summed E-state index contributed by atoms with van der Waals surface area (Å²) >= 11 is 0. The Morgan fingerprint density at radius 3 is 2.80 bits per heavy atom. The van der Waals surface area contributed by atoms with E-state index in [-0.39, 0.29) is 0 Å². The van der Waals surface area contributed by atoms with Crippen LogP contribution in [0.4, 0.5) is 0 Å². The van der Waals surface area contributed by atoms with Crippen LogP contribution in [0, 0.1) is 5.92 Å². The number of ether oxygens (including phenoxy) is 1. The second-order valence-electron chi connectivity index (χ2n) is 3.24. The molecule has 56 valence electrons. The van der Waals surface area contributed by atoms with Gasteiger partial charge in [-0.3, -0.25) is 4.79 Å². The van der Waals surface area contributed by atoms with E-state index in [1.165, 1.54) is 12.8 Å². The Morgan fingerprint density at radius 1 is 1.40 bits per heavy atom. The average molecular weight is 140 g/mol. The quantitative estimate of drug-likeness (QED) is 0.546. The van der Waals surface area contributed by atoms with Crippen molar-refractivity contribution in [2.45, 2.75) is 31.8 Å². The normalized spacial score (nSPS) is 34.4. The molecule has 2 heteroatoms. The molecular weight excluding hydrogens is 128 g/mol. The first-order valence-electron chi connectivity index (χ1n) is 3.99. The number of carbonyl (C=O) groups excluding carboxylic acids is 1. The lowest BCUT2D eigenvalue weighted by molar-refractivity contribution is -0.129. The van der Waals surface area contributed by atoms with Crippen molar-refractivity contribution in [1.29, 1.82) is 0 Å². The maximum absolute atomic E-state index is 10.9. The zero-order valence-corrected chi connectivity index (χ0v) is 6.01. The van der Waals surface area contributed by atoms with E-state index in [2.05, 4.69) is 0 Å². The highest BCUT2D eigenvalue weighted by Gasteiger charge is 2.35. The third kappa shape index (κ3) is 1.21. The van der Waals surface area contributed by atoms with Crippen molar-refractivity contribution in [2.24, 2.45) is 5.92 Å². The lowest BCUT2D eigenvalue weighted by Crippen LogP contribution is -2.27. The van der Waals surface area contributed by atoms with E-state index in [1.807, 2.05) is 0 Å². The summed E-state index contributed by atoms with van der Waals surface area (Å²) in [5, 5.41) is 0. The number of hydrogen-bond acceptors (Lipinski definition) is 2. The topological polar surface area (TPSA) is 26.3 Å². The summed E-state index contributed by atoms with van der Waals surface area (Å²) in [5.74, 6) is 1.12. The second-order valence-corrected chi connectivity index (χ2v) is 3.24. The number of rotatable bonds is 1. The van der Waals surface area contributed by atoms with Crippen LogP contribution in [0.15, 0.2) is 0 Å². The van der Waals surface area contributed by atoms with Gasteiger partial charge in [0, 0.05) is 12.8 Å². The highest BCUT2D eigenvalue weighted by molar-refractivity contribution is 5.79. The van der Waals surface area contributed by atoms with Crippen LogP contribution in [0.5, 0.6) is 0 Å². The van der Waals surface area contributed by atoms with Crippen LogP contribution in [0.3, 0.4) is 0 Å². The van der Waals surface area contributed by atoms with Crippen molar-refractivity contribution >= 4 is 5.78 Å². The van der Waals surface area contributed by atoms with Crippen molar-refractivity contribution in [3.63, 3.8) is 0 Å². The molecule has 0 unspecified atom stereocenters. The zero-order chi connectivity index (χ0) is 6.97. The summed E-state index contributed by atoms with van der Waals surface area (Å²) in [5.41, 5.74) is 0. The fourth-order valence-electron chi connectivity index (χ4n) is 1.48. The van der Waals surface area contributed by atoms with Crippen molar-refractivity contribution in [3.8, 4) is 0 Å². The molecule has 2 nitrogen and oxygen atoms in total. The van der Waals surface area contributed by atoms with Crippen LogP contribution in [0.1, 0.15) is 25.7 Å². The Bertz CT molecular complexity index is 149. The second kappa shape index (κ2) is 2.35. The molecule has 10 heavy (non-hydrogen) atoms. The van der Waals surface area contributed by atoms with Crippen LogP contribution in [-0.4, -0.2) is 18.5 Å². The molecule has 1 atom stereocenters. The SMILES string of the molecule is O=C1CCO[C@@H](C2CC2)C1. The molecule has 0 spiro atoms. The molecule has 0 radical (unpaired) electrons. The van der Waals surface area contributed by atoms with E-state index in [0.717, 1.165) is 5.92 Å². The van der Waals surface area contributed by atoms with Gasteiger partial charge >= 0.3 is 0 Å². The Labute approximate surface area is 60.6 Å². The molecule has 2 fully saturated rings. The number of ketones is 1. The predicted molar refractivity (Wildman–Crippen MR) is 36.7 cm³/mol. The van der Waals surface area contributed by atoms with Crippen LogP contribution in [-0.2, 0) is 9.53 Å². The fraction of sp³-hybridized carbons (Fsp3) is 0.875. The standard InChI is InChI=1S/C8H12O2/c9-7-3-4-10-8(5-7)6-1-2-6/h6,8H,1-5H2/t8-/m1/s1. The molecule has 1 aliphatic carbocycles. The maximum Gasteiger partial charge on any atom is 0.137 e. The number of hydrogen-bond donors (Lipinski definition) is 0. The summed E-state index contributed by atoms with van der Waals surface area (Å²) in [6, 6.07) is 0. The molecule has 0 aromatic carbocycles. The van der Waals surface area contributed by atoms with Gasteiger partial charge in [0.2, 0.25) is 0 Å². The van der Waals surface area contributed by atoms with Gasteiger partial charge in [0.25, 0.3) is 0 Å². The minimum Gasteiger partial charge on any atom is -0.377 e. The van der Waals surface area contributed by atoms with E-state index in [1.54, 1.807) is 0 Å². The van der Waals surface area contributed by atoms with Crippen molar-refractivity contribution in [1.82, 2.24) is 0 Å². The van der Waals surface area contributed by atoms with Gasteiger partial charge < -0.3 is 4.74 Å². The van der Waals surface area contributed by atoms with Gasteiger partial charge in [-0.1, -0.05) is 0 Å². The lowest BCUT2D eigenvalue weighted by atomic mass is 10.0. The van der Waals surface area contributed by atoms with Crippen molar-refractivity contribution in [3.05, 3.63) is 0 Å². The van der Waals surface area contributed by atoms with Crippen LogP contribution < -0.4 is 0 Å². The Balaban J connectivity index is 1.89. The molecule has 2 aliphatic rings. The third-order valence-corrected chi connectivity index (χ3v) is 2.29. The first-order chi connectivity index (χ1) is 4.86. The molecular formula is C8H12O2. The Kier molecular flexibility index (Phi) is 1.49. The zero-order valence-electron chi connectivity index (χ0n) is 6.01. The van der Waals surface area contributed by atoms with Gasteiger partial charge in [-0.25, -0.2) is 0 Å². The minimum atomic E-state index is 0.293. The van der Waals surface area contributed by atoms with Gasteiger partial charge in [-0.05, 0) is 18.8 Å². The molecule has 0 N–H and O–H groups in total. The molecule has 1 aliphatic heterocycles. The van der Waals surface area contributed by atoms with Gasteiger partial charge in [0.15, 0.2) is 0 Å². The summed E-state index contributed by atoms with van der Waals surface area (Å²) in [7, 11) is 0. The molecule has 0 amide bonds. The van der Waals surface area contributed by atoms with Crippen LogP contribution in [0.2, 0.25) is 0 Å². The van der Waals surface area contributed by atoms with E-state index < -0.39 is 0 Å². The molecule has 2 rings (SSSR count). The Morgan fingerprint density at radius 2 is 2.20 bits per heavy atom. The maximum atomic E-state index is 10.9. The van der Waals surface area contributed by atoms with Crippen LogP contribution in [0.25, 0.3) is 0 Å². The molecule has 1 saturated heterocycles. The van der Waals surface area contributed by atoms with E-state index in [4.69, 9.17) is 4.74 Å². The van der Waals surface area contributed by atoms with Crippen molar-refractivity contribution < 1.29 is 9.53 Å². The molecule has 0 bridgehead atoms. The first-order valence-corrected chi connectivity index (χ1v) is 3.99. The summed E-state index contributed by atoms with van der Waals surface area (Å²) < 4.78 is 5.45. The van der Waals surface area contributed by atoms with E-state index in [0.29, 0.717) is 31.3 Å². The Hall–Kier alpha value is -0.370. The summed E-state index contributed by atoms with van der Waals surface area (Å²) in [6.45, 7) is 0.667.